The van der Waals surface area contributed by atoms with Gasteiger partial charge >= 0.3 is 0 Å². The quantitative estimate of drug-likeness (QED) is 0.786. The van der Waals surface area contributed by atoms with Crippen LogP contribution >= 0.6 is 0 Å². The highest BCUT2D eigenvalue weighted by Gasteiger charge is 2.14. The zero-order valence-corrected chi connectivity index (χ0v) is 9.10. The molecule has 0 saturated carbocycles. The standard InChI is InChI=1S/C12H17NO2/c1-9(2)12(15)13-11(8-14)10-6-4-3-5-7-10/h3-7,9,11,14H,8H2,1-2H3,(H,13,15)/t11-/m1/s1. The van der Waals surface area contributed by atoms with E-state index in [2.05, 4.69) is 5.32 Å². The van der Waals surface area contributed by atoms with Gasteiger partial charge < -0.3 is 10.4 Å². The minimum atomic E-state index is -0.305. The number of carbonyl (C=O) groups is 1. The Morgan fingerprint density at radius 3 is 2.40 bits per heavy atom. The average Bonchev–Trinajstić information content (AvgIpc) is 2.26. The SMILES string of the molecule is CC(C)C(=O)N[C@H](CO)c1ccccc1. The van der Waals surface area contributed by atoms with Crippen molar-refractivity contribution < 1.29 is 9.90 Å². The highest BCUT2D eigenvalue weighted by Crippen LogP contribution is 2.12. The van der Waals surface area contributed by atoms with Crippen LogP contribution in [0.25, 0.3) is 0 Å². The van der Waals surface area contributed by atoms with Crippen molar-refractivity contribution in [2.75, 3.05) is 6.61 Å². The first-order valence-electron chi connectivity index (χ1n) is 5.11. The van der Waals surface area contributed by atoms with E-state index >= 15 is 0 Å². The molecule has 82 valence electrons. The Morgan fingerprint density at radius 2 is 1.93 bits per heavy atom. The number of hydrogen-bond acceptors (Lipinski definition) is 2. The first kappa shape index (κ1) is 11.7. The highest BCUT2D eigenvalue weighted by molar-refractivity contribution is 5.78. The number of rotatable bonds is 4. The maximum atomic E-state index is 11.5. The average molecular weight is 207 g/mol. The molecule has 0 aliphatic carbocycles. The third kappa shape index (κ3) is 3.36. The molecule has 1 aromatic carbocycles. The van der Waals surface area contributed by atoms with Crippen LogP contribution in [-0.4, -0.2) is 17.6 Å². The fraction of sp³-hybridized carbons (Fsp3) is 0.417. The van der Waals surface area contributed by atoms with Crippen LogP contribution in [-0.2, 0) is 4.79 Å². The van der Waals surface area contributed by atoms with Crippen LogP contribution in [0, 0.1) is 5.92 Å². The second kappa shape index (κ2) is 5.51. The van der Waals surface area contributed by atoms with Gasteiger partial charge in [0.2, 0.25) is 5.91 Å². The first-order valence-corrected chi connectivity index (χ1v) is 5.11. The van der Waals surface area contributed by atoms with E-state index in [4.69, 9.17) is 0 Å². The van der Waals surface area contributed by atoms with Gasteiger partial charge in [0.15, 0.2) is 0 Å². The van der Waals surface area contributed by atoms with E-state index in [0.29, 0.717) is 0 Å². The molecular weight excluding hydrogens is 190 g/mol. The lowest BCUT2D eigenvalue weighted by Gasteiger charge is -2.17. The fourth-order valence-electron chi connectivity index (χ4n) is 1.26. The molecule has 0 bridgehead atoms. The monoisotopic (exact) mass is 207 g/mol. The molecule has 1 rings (SSSR count). The summed E-state index contributed by atoms with van der Waals surface area (Å²) in [5.41, 5.74) is 0.925. The molecule has 0 saturated heterocycles. The molecule has 0 aliphatic heterocycles. The van der Waals surface area contributed by atoms with Gasteiger partial charge in [0, 0.05) is 5.92 Å². The van der Waals surface area contributed by atoms with Crippen LogP contribution < -0.4 is 5.32 Å². The number of aliphatic hydroxyl groups is 1. The number of benzene rings is 1. The summed E-state index contributed by atoms with van der Waals surface area (Å²) in [4.78, 5) is 11.5. The summed E-state index contributed by atoms with van der Waals surface area (Å²) in [5, 5.41) is 12.0. The number of hydrogen-bond donors (Lipinski definition) is 2. The van der Waals surface area contributed by atoms with Gasteiger partial charge in [0.25, 0.3) is 0 Å². The molecule has 0 unspecified atom stereocenters. The lowest BCUT2D eigenvalue weighted by Crippen LogP contribution is -2.33. The number of aliphatic hydroxyl groups excluding tert-OH is 1. The Bertz CT molecular complexity index is 309. The van der Waals surface area contributed by atoms with Crippen molar-refractivity contribution in [3.8, 4) is 0 Å². The first-order chi connectivity index (χ1) is 7.15. The van der Waals surface area contributed by atoms with Gasteiger partial charge in [0.1, 0.15) is 0 Å². The molecule has 0 aromatic heterocycles. The summed E-state index contributed by atoms with van der Waals surface area (Å²) in [6.07, 6.45) is 0. The molecular formula is C12H17NO2. The summed E-state index contributed by atoms with van der Waals surface area (Å²) in [6.45, 7) is 3.58. The van der Waals surface area contributed by atoms with E-state index in [1.807, 2.05) is 44.2 Å². The number of carbonyl (C=O) groups excluding carboxylic acids is 1. The minimum Gasteiger partial charge on any atom is -0.394 e. The maximum absolute atomic E-state index is 11.5. The molecule has 0 radical (unpaired) electrons. The molecule has 3 heteroatoms. The van der Waals surface area contributed by atoms with Crippen molar-refractivity contribution in [3.05, 3.63) is 35.9 Å². The van der Waals surface area contributed by atoms with E-state index in [-0.39, 0.29) is 24.5 Å². The summed E-state index contributed by atoms with van der Waals surface area (Å²) in [6, 6.07) is 9.16. The topological polar surface area (TPSA) is 49.3 Å². The largest absolute Gasteiger partial charge is 0.394 e. The molecule has 0 heterocycles. The van der Waals surface area contributed by atoms with Crippen molar-refractivity contribution in [3.63, 3.8) is 0 Å². The van der Waals surface area contributed by atoms with Crippen molar-refractivity contribution in [2.24, 2.45) is 5.92 Å². The highest BCUT2D eigenvalue weighted by atomic mass is 16.3. The van der Waals surface area contributed by atoms with E-state index in [1.165, 1.54) is 0 Å². The summed E-state index contributed by atoms with van der Waals surface area (Å²) in [7, 11) is 0. The fourth-order valence-corrected chi connectivity index (χ4v) is 1.26. The molecule has 2 N–H and O–H groups in total. The predicted octanol–water partition coefficient (Wildman–Crippen LogP) is 1.49. The van der Waals surface area contributed by atoms with Crippen LogP contribution in [0.15, 0.2) is 30.3 Å². The molecule has 0 fully saturated rings. The van der Waals surface area contributed by atoms with Crippen LogP contribution in [0.5, 0.6) is 0 Å². The molecule has 3 nitrogen and oxygen atoms in total. The van der Waals surface area contributed by atoms with E-state index < -0.39 is 0 Å². The van der Waals surface area contributed by atoms with E-state index in [1.54, 1.807) is 0 Å². The molecule has 1 atom stereocenters. The van der Waals surface area contributed by atoms with Crippen LogP contribution in [0.2, 0.25) is 0 Å². The van der Waals surface area contributed by atoms with Crippen molar-refractivity contribution in [1.29, 1.82) is 0 Å². The van der Waals surface area contributed by atoms with Gasteiger partial charge in [-0.3, -0.25) is 4.79 Å². The zero-order valence-electron chi connectivity index (χ0n) is 9.10. The van der Waals surface area contributed by atoms with Crippen LogP contribution in [0.4, 0.5) is 0 Å². The van der Waals surface area contributed by atoms with Crippen molar-refractivity contribution in [1.82, 2.24) is 5.32 Å². The maximum Gasteiger partial charge on any atom is 0.223 e. The van der Waals surface area contributed by atoms with E-state index in [9.17, 15) is 9.90 Å². The van der Waals surface area contributed by atoms with Gasteiger partial charge in [-0.2, -0.15) is 0 Å². The molecule has 15 heavy (non-hydrogen) atoms. The van der Waals surface area contributed by atoms with Crippen molar-refractivity contribution >= 4 is 5.91 Å². The van der Waals surface area contributed by atoms with Gasteiger partial charge in [-0.15, -0.1) is 0 Å². The summed E-state index contributed by atoms with van der Waals surface area (Å²) in [5.74, 6) is -0.110. The Morgan fingerprint density at radius 1 is 1.33 bits per heavy atom. The smallest absolute Gasteiger partial charge is 0.223 e. The third-order valence-corrected chi connectivity index (χ3v) is 2.23. The van der Waals surface area contributed by atoms with Gasteiger partial charge in [-0.25, -0.2) is 0 Å². The number of amides is 1. The second-order valence-corrected chi connectivity index (χ2v) is 3.81. The van der Waals surface area contributed by atoms with Gasteiger partial charge in [-0.1, -0.05) is 44.2 Å². The Kier molecular flexibility index (Phi) is 4.31. The third-order valence-electron chi connectivity index (χ3n) is 2.23. The van der Waals surface area contributed by atoms with Crippen molar-refractivity contribution in [2.45, 2.75) is 19.9 Å². The summed E-state index contributed by atoms with van der Waals surface area (Å²) < 4.78 is 0. The summed E-state index contributed by atoms with van der Waals surface area (Å²) >= 11 is 0. The predicted molar refractivity (Wildman–Crippen MR) is 59.2 cm³/mol. The minimum absolute atomic E-state index is 0.0436. The van der Waals surface area contributed by atoms with Crippen LogP contribution in [0.1, 0.15) is 25.5 Å². The lowest BCUT2D eigenvalue weighted by atomic mass is 10.1. The van der Waals surface area contributed by atoms with Gasteiger partial charge in [-0.05, 0) is 5.56 Å². The Labute approximate surface area is 90.1 Å². The van der Waals surface area contributed by atoms with E-state index in [0.717, 1.165) is 5.56 Å². The zero-order chi connectivity index (χ0) is 11.3. The molecule has 1 amide bonds. The Hall–Kier alpha value is -1.35. The molecule has 1 aromatic rings. The molecule has 0 aliphatic rings. The molecule has 0 spiro atoms. The normalized spacial score (nSPS) is 12.5. The number of nitrogens with one attached hydrogen (secondary N) is 1. The van der Waals surface area contributed by atoms with Crippen LogP contribution in [0.3, 0.4) is 0 Å². The second-order valence-electron chi connectivity index (χ2n) is 3.81. The van der Waals surface area contributed by atoms with Gasteiger partial charge in [0.05, 0.1) is 12.6 Å². The lowest BCUT2D eigenvalue weighted by molar-refractivity contribution is -0.125. The Balaban J connectivity index is 2.69.